The van der Waals surface area contributed by atoms with Crippen molar-refractivity contribution in [2.24, 2.45) is 0 Å². The molecule has 0 unspecified atom stereocenters. The summed E-state index contributed by atoms with van der Waals surface area (Å²) in [5, 5.41) is 4.94. The lowest BCUT2D eigenvalue weighted by Crippen LogP contribution is -2.20. The van der Waals surface area contributed by atoms with E-state index in [1.807, 2.05) is 13.0 Å². The van der Waals surface area contributed by atoms with Gasteiger partial charge >= 0.3 is 12.2 Å². The second-order valence-corrected chi connectivity index (χ2v) is 5.50. The third-order valence-corrected chi connectivity index (χ3v) is 3.50. The lowest BCUT2D eigenvalue weighted by atomic mass is 10.2. The monoisotopic (exact) mass is 372 g/mol. The molecule has 0 aliphatic carbocycles. The van der Waals surface area contributed by atoms with Gasteiger partial charge in [-0.25, -0.2) is 4.79 Å². The van der Waals surface area contributed by atoms with Crippen LogP contribution < -0.4 is 10.6 Å². The van der Waals surface area contributed by atoms with Crippen molar-refractivity contribution in [3.8, 4) is 0 Å². The van der Waals surface area contributed by atoms with Crippen molar-refractivity contribution in [3.63, 3.8) is 0 Å². The molecule has 22 heavy (non-hydrogen) atoms. The standard InChI is InChI=1S/C15H12BrF3N2O/c1-9-3-2-4-10(7-9)20-14(22)21-11-5-6-13(16)12(8-11)15(17,18)19/h2-8H,1H3,(H2,20,21,22). The van der Waals surface area contributed by atoms with E-state index in [2.05, 4.69) is 26.6 Å². The zero-order valence-electron chi connectivity index (χ0n) is 11.5. The first kappa shape index (κ1) is 16.4. The Morgan fingerprint density at radius 3 is 2.27 bits per heavy atom. The molecular formula is C15H12BrF3N2O. The van der Waals surface area contributed by atoms with Crippen LogP contribution in [0.1, 0.15) is 11.1 Å². The number of amides is 2. The van der Waals surface area contributed by atoms with Gasteiger partial charge in [0, 0.05) is 15.8 Å². The molecule has 2 N–H and O–H groups in total. The Labute approximate surface area is 133 Å². The van der Waals surface area contributed by atoms with Crippen LogP contribution in [0.2, 0.25) is 0 Å². The number of nitrogens with one attached hydrogen (secondary N) is 2. The highest BCUT2D eigenvalue weighted by Gasteiger charge is 2.33. The third-order valence-electron chi connectivity index (χ3n) is 2.81. The number of carbonyl (C=O) groups excluding carboxylic acids is 1. The molecule has 0 aromatic heterocycles. The highest BCUT2D eigenvalue weighted by Crippen LogP contribution is 2.36. The third kappa shape index (κ3) is 4.24. The maximum Gasteiger partial charge on any atom is 0.417 e. The van der Waals surface area contributed by atoms with Gasteiger partial charge in [-0.05, 0) is 42.8 Å². The Hall–Kier alpha value is -2.02. The van der Waals surface area contributed by atoms with Gasteiger partial charge in [0.15, 0.2) is 0 Å². The molecule has 0 saturated heterocycles. The molecule has 0 saturated carbocycles. The van der Waals surface area contributed by atoms with Gasteiger partial charge in [0.25, 0.3) is 0 Å². The van der Waals surface area contributed by atoms with Crippen molar-refractivity contribution >= 4 is 33.3 Å². The number of aryl methyl sites for hydroxylation is 1. The molecule has 0 fully saturated rings. The molecule has 7 heteroatoms. The Balaban J connectivity index is 2.12. The van der Waals surface area contributed by atoms with Crippen LogP contribution in [0.4, 0.5) is 29.3 Å². The molecule has 0 aliphatic heterocycles. The van der Waals surface area contributed by atoms with Gasteiger partial charge in [0.2, 0.25) is 0 Å². The SMILES string of the molecule is Cc1cccc(NC(=O)Nc2ccc(Br)c(C(F)(F)F)c2)c1. The summed E-state index contributed by atoms with van der Waals surface area (Å²) in [6, 6.07) is 9.97. The number of urea groups is 1. The van der Waals surface area contributed by atoms with Gasteiger partial charge in [-0.3, -0.25) is 0 Å². The molecule has 116 valence electrons. The number of benzene rings is 2. The van der Waals surface area contributed by atoms with E-state index < -0.39 is 17.8 Å². The summed E-state index contributed by atoms with van der Waals surface area (Å²) in [4.78, 5) is 11.8. The number of alkyl halides is 3. The first-order valence-electron chi connectivity index (χ1n) is 6.27. The van der Waals surface area contributed by atoms with Gasteiger partial charge in [0.1, 0.15) is 0 Å². The van der Waals surface area contributed by atoms with E-state index in [9.17, 15) is 18.0 Å². The average Bonchev–Trinajstić information content (AvgIpc) is 2.39. The topological polar surface area (TPSA) is 41.1 Å². The summed E-state index contributed by atoms with van der Waals surface area (Å²) in [5.74, 6) is 0. The van der Waals surface area contributed by atoms with Crippen LogP contribution in [0.3, 0.4) is 0 Å². The molecule has 0 heterocycles. The summed E-state index contributed by atoms with van der Waals surface area (Å²) in [6.07, 6.45) is -4.50. The predicted molar refractivity (Wildman–Crippen MR) is 83.0 cm³/mol. The van der Waals surface area contributed by atoms with Gasteiger partial charge in [-0.15, -0.1) is 0 Å². The zero-order valence-corrected chi connectivity index (χ0v) is 13.0. The Morgan fingerprint density at radius 1 is 1.05 bits per heavy atom. The number of hydrogen-bond acceptors (Lipinski definition) is 1. The average molecular weight is 373 g/mol. The van der Waals surface area contributed by atoms with Crippen LogP contribution in [-0.4, -0.2) is 6.03 Å². The molecule has 3 nitrogen and oxygen atoms in total. The Morgan fingerprint density at radius 2 is 1.68 bits per heavy atom. The van der Waals surface area contributed by atoms with Crippen LogP contribution in [0.25, 0.3) is 0 Å². The summed E-state index contributed by atoms with van der Waals surface area (Å²) in [5.41, 5.74) is 0.730. The molecule has 2 aromatic carbocycles. The summed E-state index contributed by atoms with van der Waals surface area (Å²) in [6.45, 7) is 1.87. The Kier molecular flexibility index (Phi) is 4.75. The number of anilines is 2. The minimum absolute atomic E-state index is 0.0562. The van der Waals surface area contributed by atoms with Gasteiger partial charge in [-0.2, -0.15) is 13.2 Å². The molecule has 2 aromatic rings. The molecular weight excluding hydrogens is 361 g/mol. The quantitative estimate of drug-likeness (QED) is 0.725. The van der Waals surface area contributed by atoms with E-state index in [0.717, 1.165) is 11.6 Å². The highest BCUT2D eigenvalue weighted by atomic mass is 79.9. The fourth-order valence-corrected chi connectivity index (χ4v) is 2.31. The van der Waals surface area contributed by atoms with E-state index in [4.69, 9.17) is 0 Å². The smallest absolute Gasteiger partial charge is 0.308 e. The van der Waals surface area contributed by atoms with Crippen molar-refractivity contribution in [1.82, 2.24) is 0 Å². The maximum absolute atomic E-state index is 12.8. The zero-order chi connectivity index (χ0) is 16.3. The lowest BCUT2D eigenvalue weighted by Gasteiger charge is -2.12. The van der Waals surface area contributed by atoms with Gasteiger partial charge in [-0.1, -0.05) is 28.1 Å². The van der Waals surface area contributed by atoms with Crippen molar-refractivity contribution in [2.75, 3.05) is 10.6 Å². The lowest BCUT2D eigenvalue weighted by molar-refractivity contribution is -0.138. The largest absolute Gasteiger partial charge is 0.417 e. The molecule has 0 aliphatic rings. The minimum atomic E-state index is -4.50. The molecule has 2 amide bonds. The number of carbonyl (C=O) groups is 1. The van der Waals surface area contributed by atoms with Crippen LogP contribution >= 0.6 is 15.9 Å². The van der Waals surface area contributed by atoms with Crippen molar-refractivity contribution < 1.29 is 18.0 Å². The Bertz CT molecular complexity index is 701. The molecule has 2 rings (SSSR count). The first-order valence-corrected chi connectivity index (χ1v) is 7.06. The number of halogens is 4. The van der Waals surface area contributed by atoms with E-state index in [-0.39, 0.29) is 10.2 Å². The van der Waals surface area contributed by atoms with E-state index in [1.54, 1.807) is 18.2 Å². The van der Waals surface area contributed by atoms with Crippen molar-refractivity contribution in [3.05, 3.63) is 58.1 Å². The fraction of sp³-hybridized carbons (Fsp3) is 0.133. The predicted octanol–water partition coefficient (Wildman–Crippen LogP) is 5.42. The normalized spacial score (nSPS) is 11.1. The van der Waals surface area contributed by atoms with Gasteiger partial charge < -0.3 is 10.6 Å². The van der Waals surface area contributed by atoms with E-state index in [0.29, 0.717) is 5.69 Å². The first-order chi connectivity index (χ1) is 10.3. The van der Waals surface area contributed by atoms with E-state index >= 15 is 0 Å². The second-order valence-electron chi connectivity index (χ2n) is 4.64. The minimum Gasteiger partial charge on any atom is -0.308 e. The summed E-state index contributed by atoms with van der Waals surface area (Å²) >= 11 is 2.85. The summed E-state index contributed by atoms with van der Waals surface area (Å²) < 4.78 is 38.3. The fourth-order valence-electron chi connectivity index (χ4n) is 1.84. The molecule has 0 bridgehead atoms. The van der Waals surface area contributed by atoms with Crippen LogP contribution in [0, 0.1) is 6.92 Å². The van der Waals surface area contributed by atoms with Crippen LogP contribution in [-0.2, 0) is 6.18 Å². The molecule has 0 radical (unpaired) electrons. The second kappa shape index (κ2) is 6.39. The maximum atomic E-state index is 12.8. The number of rotatable bonds is 2. The van der Waals surface area contributed by atoms with Crippen molar-refractivity contribution in [2.45, 2.75) is 13.1 Å². The molecule has 0 spiro atoms. The number of hydrogen-bond donors (Lipinski definition) is 2. The van der Waals surface area contributed by atoms with Crippen LogP contribution in [0.15, 0.2) is 46.9 Å². The highest BCUT2D eigenvalue weighted by molar-refractivity contribution is 9.10. The van der Waals surface area contributed by atoms with Gasteiger partial charge in [0.05, 0.1) is 5.56 Å². The molecule has 0 atom stereocenters. The van der Waals surface area contributed by atoms with E-state index in [1.165, 1.54) is 12.1 Å². The van der Waals surface area contributed by atoms with Crippen LogP contribution in [0.5, 0.6) is 0 Å². The summed E-state index contributed by atoms with van der Waals surface area (Å²) in [7, 11) is 0. The van der Waals surface area contributed by atoms with Crippen molar-refractivity contribution in [1.29, 1.82) is 0 Å².